The molecular formula is C14H18BrF4N. The first-order chi connectivity index (χ1) is 9.33. The number of hydrogen-bond donors (Lipinski definition) is 1. The number of rotatable bonds is 7. The van der Waals surface area contributed by atoms with Crippen molar-refractivity contribution in [3.63, 3.8) is 0 Å². The van der Waals surface area contributed by atoms with Crippen LogP contribution in [-0.4, -0.2) is 12.7 Å². The van der Waals surface area contributed by atoms with Crippen molar-refractivity contribution >= 4 is 15.9 Å². The van der Waals surface area contributed by atoms with Crippen molar-refractivity contribution in [3.8, 4) is 0 Å². The molecule has 114 valence electrons. The van der Waals surface area contributed by atoms with Gasteiger partial charge in [0.25, 0.3) is 0 Å². The zero-order chi connectivity index (χ0) is 15.2. The summed E-state index contributed by atoms with van der Waals surface area (Å²) in [5.41, 5.74) is 0.420. The van der Waals surface area contributed by atoms with E-state index >= 15 is 0 Å². The second-order valence-electron chi connectivity index (χ2n) is 4.68. The van der Waals surface area contributed by atoms with Crippen molar-refractivity contribution < 1.29 is 17.6 Å². The molecule has 1 atom stereocenters. The Hall–Kier alpha value is -0.620. The molecule has 0 fully saturated rings. The van der Waals surface area contributed by atoms with Crippen LogP contribution in [0.3, 0.4) is 0 Å². The largest absolute Gasteiger partial charge is 0.389 e. The van der Waals surface area contributed by atoms with Gasteiger partial charge in [0, 0.05) is 22.5 Å². The Bertz CT molecular complexity index is 420. The average molecular weight is 356 g/mol. The maximum absolute atomic E-state index is 13.9. The molecule has 0 aliphatic heterocycles. The highest BCUT2D eigenvalue weighted by Gasteiger charge is 2.27. The maximum Gasteiger partial charge on any atom is 0.389 e. The fourth-order valence-corrected chi connectivity index (χ4v) is 2.31. The summed E-state index contributed by atoms with van der Waals surface area (Å²) in [5.74, 6) is -0.403. The summed E-state index contributed by atoms with van der Waals surface area (Å²) in [6.07, 6.45) is -3.91. The standard InChI is InChI=1S/C14H18BrF4N/c1-2-8-20-13(4-3-7-14(17,18)19)11-6-5-10(15)9-12(11)16/h5-6,9,13,20H,2-4,7-8H2,1H3. The van der Waals surface area contributed by atoms with Crippen molar-refractivity contribution in [1.82, 2.24) is 5.32 Å². The fourth-order valence-electron chi connectivity index (χ4n) is 1.98. The summed E-state index contributed by atoms with van der Waals surface area (Å²) >= 11 is 3.17. The molecule has 0 aliphatic carbocycles. The van der Waals surface area contributed by atoms with Gasteiger partial charge in [0.2, 0.25) is 0 Å². The molecule has 1 aromatic rings. The van der Waals surface area contributed by atoms with Crippen LogP contribution in [0.1, 0.15) is 44.2 Å². The second kappa shape index (κ2) is 7.98. The molecule has 0 aliphatic rings. The van der Waals surface area contributed by atoms with E-state index in [0.29, 0.717) is 16.6 Å². The third-order valence-corrected chi connectivity index (χ3v) is 3.42. The molecule has 0 heterocycles. The highest BCUT2D eigenvalue weighted by Crippen LogP contribution is 2.28. The van der Waals surface area contributed by atoms with Crippen LogP contribution in [-0.2, 0) is 0 Å². The lowest BCUT2D eigenvalue weighted by Gasteiger charge is -2.20. The third kappa shape index (κ3) is 6.22. The summed E-state index contributed by atoms with van der Waals surface area (Å²) in [5, 5.41) is 3.11. The van der Waals surface area contributed by atoms with Gasteiger partial charge < -0.3 is 5.32 Å². The SMILES string of the molecule is CCCNC(CCCC(F)(F)F)c1ccc(Br)cc1F. The van der Waals surface area contributed by atoms with Gasteiger partial charge >= 0.3 is 6.18 Å². The van der Waals surface area contributed by atoms with Gasteiger partial charge in [-0.3, -0.25) is 0 Å². The molecule has 20 heavy (non-hydrogen) atoms. The molecule has 1 nitrogen and oxygen atoms in total. The molecule has 0 aromatic heterocycles. The van der Waals surface area contributed by atoms with Crippen LogP contribution in [0.15, 0.2) is 22.7 Å². The lowest BCUT2D eigenvalue weighted by atomic mass is 10.00. The molecule has 0 radical (unpaired) electrons. The summed E-state index contributed by atoms with van der Waals surface area (Å²) in [4.78, 5) is 0. The number of benzene rings is 1. The minimum Gasteiger partial charge on any atom is -0.310 e. The van der Waals surface area contributed by atoms with Gasteiger partial charge in [-0.25, -0.2) is 4.39 Å². The Morgan fingerprint density at radius 3 is 2.55 bits per heavy atom. The normalized spacial score (nSPS) is 13.5. The first-order valence-corrected chi connectivity index (χ1v) is 7.38. The van der Waals surface area contributed by atoms with Gasteiger partial charge in [0.1, 0.15) is 5.82 Å². The number of alkyl halides is 3. The van der Waals surface area contributed by atoms with Gasteiger partial charge in [-0.1, -0.05) is 28.9 Å². The van der Waals surface area contributed by atoms with Crippen LogP contribution in [0, 0.1) is 5.82 Å². The van der Waals surface area contributed by atoms with E-state index < -0.39 is 18.4 Å². The summed E-state index contributed by atoms with van der Waals surface area (Å²) in [6, 6.07) is 4.26. The molecule has 0 saturated carbocycles. The lowest BCUT2D eigenvalue weighted by Crippen LogP contribution is -2.23. The summed E-state index contributed by atoms with van der Waals surface area (Å²) in [7, 11) is 0. The van der Waals surface area contributed by atoms with E-state index in [1.165, 1.54) is 6.07 Å². The maximum atomic E-state index is 13.9. The van der Waals surface area contributed by atoms with Gasteiger partial charge in [-0.05, 0) is 37.9 Å². The van der Waals surface area contributed by atoms with Crippen molar-refractivity contribution in [2.45, 2.75) is 44.8 Å². The van der Waals surface area contributed by atoms with Crippen LogP contribution in [0.25, 0.3) is 0 Å². The molecule has 1 unspecified atom stereocenters. The molecule has 1 rings (SSSR count). The van der Waals surface area contributed by atoms with Gasteiger partial charge in [-0.15, -0.1) is 0 Å². The number of nitrogens with one attached hydrogen (secondary N) is 1. The van der Waals surface area contributed by atoms with Crippen LogP contribution >= 0.6 is 15.9 Å². The molecule has 0 spiro atoms. The minimum absolute atomic E-state index is 0.0135. The second-order valence-corrected chi connectivity index (χ2v) is 5.60. The van der Waals surface area contributed by atoms with Crippen molar-refractivity contribution in [2.24, 2.45) is 0 Å². The molecule has 0 saturated heterocycles. The molecule has 6 heteroatoms. The van der Waals surface area contributed by atoms with E-state index in [1.807, 2.05) is 6.92 Å². The van der Waals surface area contributed by atoms with Crippen molar-refractivity contribution in [3.05, 3.63) is 34.1 Å². The Morgan fingerprint density at radius 2 is 2.00 bits per heavy atom. The third-order valence-electron chi connectivity index (χ3n) is 2.93. The smallest absolute Gasteiger partial charge is 0.310 e. The Labute approximate surface area is 124 Å². The van der Waals surface area contributed by atoms with Crippen LogP contribution in [0.5, 0.6) is 0 Å². The fraction of sp³-hybridized carbons (Fsp3) is 0.571. The predicted octanol–water partition coefficient (Wildman–Crippen LogP) is 5.36. The first-order valence-electron chi connectivity index (χ1n) is 6.58. The van der Waals surface area contributed by atoms with E-state index in [0.717, 1.165) is 6.42 Å². The van der Waals surface area contributed by atoms with E-state index in [9.17, 15) is 17.6 Å². The van der Waals surface area contributed by atoms with E-state index in [1.54, 1.807) is 12.1 Å². The summed E-state index contributed by atoms with van der Waals surface area (Å²) < 4.78 is 51.1. The van der Waals surface area contributed by atoms with E-state index in [4.69, 9.17) is 0 Å². The van der Waals surface area contributed by atoms with Crippen molar-refractivity contribution in [1.29, 1.82) is 0 Å². The number of halogens is 5. The monoisotopic (exact) mass is 355 g/mol. The van der Waals surface area contributed by atoms with Gasteiger partial charge in [0.15, 0.2) is 0 Å². The highest BCUT2D eigenvalue weighted by atomic mass is 79.9. The zero-order valence-electron chi connectivity index (χ0n) is 11.2. The van der Waals surface area contributed by atoms with E-state index in [-0.39, 0.29) is 18.9 Å². The molecule has 0 bridgehead atoms. The Balaban J connectivity index is 2.72. The minimum atomic E-state index is -4.16. The zero-order valence-corrected chi connectivity index (χ0v) is 12.8. The van der Waals surface area contributed by atoms with Crippen LogP contribution in [0.4, 0.5) is 17.6 Å². The molecular weight excluding hydrogens is 338 g/mol. The highest BCUT2D eigenvalue weighted by molar-refractivity contribution is 9.10. The number of hydrogen-bond acceptors (Lipinski definition) is 1. The average Bonchev–Trinajstić information content (AvgIpc) is 2.33. The van der Waals surface area contributed by atoms with Gasteiger partial charge in [-0.2, -0.15) is 13.2 Å². The lowest BCUT2D eigenvalue weighted by molar-refractivity contribution is -0.135. The Kier molecular flexibility index (Phi) is 6.95. The molecule has 1 aromatic carbocycles. The van der Waals surface area contributed by atoms with Crippen molar-refractivity contribution in [2.75, 3.05) is 6.54 Å². The topological polar surface area (TPSA) is 12.0 Å². The first kappa shape index (κ1) is 17.4. The van der Waals surface area contributed by atoms with Crippen LogP contribution < -0.4 is 5.32 Å². The van der Waals surface area contributed by atoms with E-state index in [2.05, 4.69) is 21.2 Å². The summed E-state index contributed by atoms with van der Waals surface area (Å²) in [6.45, 7) is 2.60. The van der Waals surface area contributed by atoms with Crippen LogP contribution in [0.2, 0.25) is 0 Å². The predicted molar refractivity (Wildman–Crippen MR) is 75.0 cm³/mol. The quantitative estimate of drug-likeness (QED) is 0.649. The molecule has 0 amide bonds. The van der Waals surface area contributed by atoms with Gasteiger partial charge in [0.05, 0.1) is 0 Å². The molecule has 1 N–H and O–H groups in total. The Morgan fingerprint density at radius 1 is 1.30 bits per heavy atom.